The largest absolute Gasteiger partial charge is 0.464 e. The van der Waals surface area contributed by atoms with Crippen molar-refractivity contribution in [2.45, 2.75) is 31.8 Å². The highest BCUT2D eigenvalue weighted by molar-refractivity contribution is 7.90. The van der Waals surface area contributed by atoms with Crippen molar-refractivity contribution >= 4 is 15.8 Å². The van der Waals surface area contributed by atoms with Crippen LogP contribution in [0.1, 0.15) is 31.2 Å². The molecule has 0 aliphatic carbocycles. The third-order valence-corrected chi connectivity index (χ3v) is 6.18. The number of halogens is 1. The predicted octanol–water partition coefficient (Wildman–Crippen LogP) is 4.64. The van der Waals surface area contributed by atoms with Crippen molar-refractivity contribution in [3.63, 3.8) is 0 Å². The van der Waals surface area contributed by atoms with Gasteiger partial charge in [0.25, 0.3) is 0 Å². The minimum atomic E-state index is -3.35. The van der Waals surface area contributed by atoms with Gasteiger partial charge in [-0.25, -0.2) is 17.6 Å². The van der Waals surface area contributed by atoms with Crippen molar-refractivity contribution in [2.24, 2.45) is 0 Å². The first-order valence-electron chi connectivity index (χ1n) is 10.2. The third-order valence-electron chi connectivity index (χ3n) is 5.05. The van der Waals surface area contributed by atoms with Gasteiger partial charge in [-0.2, -0.15) is 0 Å². The normalized spacial score (nSPS) is 12.5. The Hall–Kier alpha value is -2.97. The van der Waals surface area contributed by atoms with Crippen LogP contribution in [-0.4, -0.2) is 38.4 Å². The minimum absolute atomic E-state index is 0.195. The molecule has 6 nitrogen and oxygen atoms in total. The zero-order chi connectivity index (χ0) is 23.5. The van der Waals surface area contributed by atoms with Gasteiger partial charge in [-0.15, -0.1) is 0 Å². The molecule has 0 fully saturated rings. The molecule has 3 aromatic rings. The quantitative estimate of drug-likeness (QED) is 0.459. The van der Waals surface area contributed by atoms with Gasteiger partial charge in [-0.1, -0.05) is 18.2 Å². The monoisotopic (exact) mass is 459 g/mol. The number of sulfone groups is 1. The second-order valence-electron chi connectivity index (χ2n) is 7.27. The number of ether oxygens (including phenoxy) is 2. The van der Waals surface area contributed by atoms with Crippen molar-refractivity contribution < 1.29 is 27.1 Å². The lowest BCUT2D eigenvalue weighted by Gasteiger charge is -2.17. The van der Waals surface area contributed by atoms with Gasteiger partial charge >= 0.3 is 5.97 Å². The first kappa shape index (κ1) is 23.7. The van der Waals surface area contributed by atoms with Crippen LogP contribution in [0.3, 0.4) is 0 Å². The predicted molar refractivity (Wildman–Crippen MR) is 120 cm³/mol. The zero-order valence-electron chi connectivity index (χ0n) is 18.5. The smallest absolute Gasteiger partial charge is 0.339 e. The average molecular weight is 460 g/mol. The van der Waals surface area contributed by atoms with Crippen LogP contribution < -0.4 is 0 Å². The summed E-state index contributed by atoms with van der Waals surface area (Å²) in [5, 5.41) is 0. The number of aromatic nitrogens is 1. The number of benzene rings is 2. The van der Waals surface area contributed by atoms with Crippen LogP contribution in [0.15, 0.2) is 59.5 Å². The Kier molecular flexibility index (Phi) is 7.16. The van der Waals surface area contributed by atoms with E-state index in [1.165, 1.54) is 24.3 Å². The topological polar surface area (TPSA) is 74.6 Å². The van der Waals surface area contributed by atoms with Gasteiger partial charge < -0.3 is 14.0 Å². The zero-order valence-corrected chi connectivity index (χ0v) is 19.3. The molecule has 170 valence electrons. The second-order valence-corrected chi connectivity index (χ2v) is 9.29. The van der Waals surface area contributed by atoms with Crippen molar-refractivity contribution in [2.75, 3.05) is 19.5 Å². The molecule has 1 heterocycles. The maximum atomic E-state index is 14.0. The molecule has 2 aromatic carbocycles. The molecule has 1 aromatic heterocycles. The van der Waals surface area contributed by atoms with Gasteiger partial charge in [0.2, 0.25) is 0 Å². The highest BCUT2D eigenvalue weighted by Gasteiger charge is 2.28. The van der Waals surface area contributed by atoms with Crippen LogP contribution in [0.25, 0.3) is 16.9 Å². The van der Waals surface area contributed by atoms with Crippen LogP contribution in [0, 0.1) is 12.7 Å². The van der Waals surface area contributed by atoms with E-state index in [1.54, 1.807) is 44.2 Å². The minimum Gasteiger partial charge on any atom is -0.464 e. The van der Waals surface area contributed by atoms with Gasteiger partial charge in [0.05, 0.1) is 17.2 Å². The van der Waals surface area contributed by atoms with Gasteiger partial charge in [0.15, 0.2) is 15.9 Å². The number of carbonyl (C=O) groups is 1. The Labute approximate surface area is 187 Å². The van der Waals surface area contributed by atoms with E-state index in [4.69, 9.17) is 9.47 Å². The fourth-order valence-corrected chi connectivity index (χ4v) is 4.22. The number of esters is 1. The van der Waals surface area contributed by atoms with Crippen LogP contribution in [0.2, 0.25) is 0 Å². The maximum Gasteiger partial charge on any atom is 0.339 e. The van der Waals surface area contributed by atoms with Crippen LogP contribution in [0.4, 0.5) is 4.39 Å². The summed E-state index contributed by atoms with van der Waals surface area (Å²) in [5.41, 5.74) is 3.21. The molecule has 1 atom stereocenters. The van der Waals surface area contributed by atoms with Crippen LogP contribution >= 0.6 is 0 Å². The molecule has 0 spiro atoms. The Bertz CT molecular complexity index is 1220. The average Bonchev–Trinajstić information content (AvgIpc) is 3.08. The lowest BCUT2D eigenvalue weighted by molar-refractivity contribution is -0.157. The first-order chi connectivity index (χ1) is 15.2. The second kappa shape index (κ2) is 9.67. The fraction of sp³-hybridized carbons (Fsp3) is 0.292. The summed E-state index contributed by atoms with van der Waals surface area (Å²) in [6.45, 7) is 5.84. The SMILES string of the molecule is CCOC(=O)C(OCC)c1cc(-c2ccc(S(C)(=O)=O)cc2)n(-c2cccc(F)c2)c1C. The summed E-state index contributed by atoms with van der Waals surface area (Å²) >= 11 is 0. The van der Waals surface area contributed by atoms with E-state index in [9.17, 15) is 17.6 Å². The summed E-state index contributed by atoms with van der Waals surface area (Å²) < 4.78 is 50.5. The molecular weight excluding hydrogens is 433 g/mol. The van der Waals surface area contributed by atoms with Crippen molar-refractivity contribution in [1.82, 2.24) is 4.57 Å². The molecule has 0 bridgehead atoms. The van der Waals surface area contributed by atoms with Gasteiger partial charge in [-0.3, -0.25) is 0 Å². The van der Waals surface area contributed by atoms with Crippen LogP contribution in [0.5, 0.6) is 0 Å². The van der Waals surface area contributed by atoms with Crippen LogP contribution in [-0.2, 0) is 24.1 Å². The molecule has 8 heteroatoms. The Morgan fingerprint density at radius 1 is 1.06 bits per heavy atom. The molecule has 1 unspecified atom stereocenters. The van der Waals surface area contributed by atoms with Gasteiger partial charge in [-0.05, 0) is 62.7 Å². The molecule has 0 N–H and O–H groups in total. The lowest BCUT2D eigenvalue weighted by Crippen LogP contribution is -2.19. The van der Waals surface area contributed by atoms with E-state index in [-0.39, 0.29) is 11.5 Å². The van der Waals surface area contributed by atoms with E-state index in [0.29, 0.717) is 34.8 Å². The number of rotatable bonds is 8. The van der Waals surface area contributed by atoms with Crippen molar-refractivity contribution in [1.29, 1.82) is 0 Å². The van der Waals surface area contributed by atoms with E-state index in [0.717, 1.165) is 6.26 Å². The molecule has 0 radical (unpaired) electrons. The summed E-state index contributed by atoms with van der Waals surface area (Å²) in [5.74, 6) is -0.907. The van der Waals surface area contributed by atoms with E-state index in [2.05, 4.69) is 0 Å². The standard InChI is InChI=1S/C24H26FNO5S/c1-5-30-23(24(27)31-6-2)21-15-22(17-10-12-20(13-11-17)32(4,28)29)26(16(21)3)19-9-7-8-18(25)14-19/h7-15,23H,5-6H2,1-4H3. The van der Waals surface area contributed by atoms with E-state index >= 15 is 0 Å². The van der Waals surface area contributed by atoms with E-state index < -0.39 is 27.7 Å². The maximum absolute atomic E-state index is 14.0. The first-order valence-corrected chi connectivity index (χ1v) is 12.1. The lowest BCUT2D eigenvalue weighted by atomic mass is 10.1. The van der Waals surface area contributed by atoms with Crippen molar-refractivity contribution in [3.05, 3.63) is 71.7 Å². The fourth-order valence-electron chi connectivity index (χ4n) is 3.59. The van der Waals surface area contributed by atoms with Crippen molar-refractivity contribution in [3.8, 4) is 16.9 Å². The number of hydrogen-bond acceptors (Lipinski definition) is 5. The summed E-state index contributed by atoms with van der Waals surface area (Å²) in [4.78, 5) is 12.8. The molecular formula is C24H26FNO5S. The molecule has 0 aliphatic heterocycles. The molecule has 0 saturated carbocycles. The number of hydrogen-bond donors (Lipinski definition) is 0. The molecule has 3 rings (SSSR count). The Morgan fingerprint density at radius 3 is 2.31 bits per heavy atom. The summed E-state index contributed by atoms with van der Waals surface area (Å²) in [6.07, 6.45) is 0.204. The molecule has 32 heavy (non-hydrogen) atoms. The van der Waals surface area contributed by atoms with Gasteiger partial charge in [0.1, 0.15) is 5.82 Å². The Morgan fingerprint density at radius 2 is 1.75 bits per heavy atom. The Balaban J connectivity index is 2.23. The number of nitrogens with zero attached hydrogens (tertiary/aromatic N) is 1. The van der Waals surface area contributed by atoms with E-state index in [1.807, 2.05) is 11.5 Å². The highest BCUT2D eigenvalue weighted by atomic mass is 32.2. The highest BCUT2D eigenvalue weighted by Crippen LogP contribution is 2.34. The summed E-state index contributed by atoms with van der Waals surface area (Å²) in [7, 11) is -3.35. The third kappa shape index (κ3) is 4.92. The molecule has 0 aliphatic rings. The number of carbonyl (C=O) groups excluding carboxylic acids is 1. The summed E-state index contributed by atoms with van der Waals surface area (Å²) in [6, 6.07) is 14.3. The molecule has 0 amide bonds. The van der Waals surface area contributed by atoms with Gasteiger partial charge in [0, 0.05) is 29.8 Å². The molecule has 0 saturated heterocycles.